The van der Waals surface area contributed by atoms with Crippen LogP contribution in [0.5, 0.6) is 11.5 Å². The maximum atomic E-state index is 12.4. The summed E-state index contributed by atoms with van der Waals surface area (Å²) in [5.74, 6) is 0.0642. The van der Waals surface area contributed by atoms with Crippen LogP contribution < -0.4 is 10.5 Å². The van der Waals surface area contributed by atoms with Gasteiger partial charge >= 0.3 is 0 Å². The minimum absolute atomic E-state index is 0.0452. The zero-order chi connectivity index (χ0) is 11.6. The molecule has 0 saturated heterocycles. The fraction of sp³-hybridized carbons (Fsp3) is 0.333. The monoisotopic (exact) mass is 281 g/mol. The quantitative estimate of drug-likeness (QED) is 0.895. The van der Waals surface area contributed by atoms with Crippen LogP contribution in [0.1, 0.15) is 11.6 Å². The molecule has 1 aromatic rings. The van der Waals surface area contributed by atoms with Crippen LogP contribution in [0.2, 0.25) is 0 Å². The fourth-order valence-corrected chi connectivity index (χ4v) is 1.56. The van der Waals surface area contributed by atoms with Gasteiger partial charge in [-0.25, -0.2) is 8.78 Å². The van der Waals surface area contributed by atoms with E-state index in [4.69, 9.17) is 10.5 Å². The number of rotatable bonds is 3. The van der Waals surface area contributed by atoms with Gasteiger partial charge in [-0.2, -0.15) is 0 Å². The van der Waals surface area contributed by atoms with Crippen LogP contribution in [0, 0.1) is 0 Å². The molecule has 0 aromatic heterocycles. The molecule has 0 radical (unpaired) electrons. The average Bonchev–Trinajstić information content (AvgIpc) is 2.20. The first kappa shape index (κ1) is 12.2. The number of nitrogens with two attached hydrogens (primary N) is 1. The summed E-state index contributed by atoms with van der Waals surface area (Å²) in [5.41, 5.74) is 5.20. The predicted molar refractivity (Wildman–Crippen MR) is 55.3 cm³/mol. The second-order valence-electron chi connectivity index (χ2n) is 2.91. The van der Waals surface area contributed by atoms with Gasteiger partial charge in [0.15, 0.2) is 0 Å². The van der Waals surface area contributed by atoms with E-state index in [1.807, 2.05) is 0 Å². The number of aromatic hydroxyl groups is 1. The van der Waals surface area contributed by atoms with Gasteiger partial charge in [-0.05, 0) is 28.1 Å². The van der Waals surface area contributed by atoms with Gasteiger partial charge in [0.1, 0.15) is 11.5 Å². The molecule has 0 aliphatic rings. The van der Waals surface area contributed by atoms with E-state index in [9.17, 15) is 13.9 Å². The van der Waals surface area contributed by atoms with E-state index < -0.39 is 12.5 Å². The number of halogens is 3. The van der Waals surface area contributed by atoms with Crippen LogP contribution in [-0.4, -0.2) is 18.6 Å². The van der Waals surface area contributed by atoms with Gasteiger partial charge in [-0.1, -0.05) is 0 Å². The lowest BCUT2D eigenvalue weighted by atomic mass is 10.1. The Morgan fingerprint density at radius 1 is 1.47 bits per heavy atom. The predicted octanol–water partition coefficient (Wildman–Crippen LogP) is 2.43. The van der Waals surface area contributed by atoms with Crippen molar-refractivity contribution in [3.63, 3.8) is 0 Å². The van der Waals surface area contributed by atoms with Crippen molar-refractivity contribution in [2.45, 2.75) is 12.5 Å². The van der Waals surface area contributed by atoms with Crippen LogP contribution >= 0.6 is 15.9 Å². The van der Waals surface area contributed by atoms with Crippen LogP contribution in [0.15, 0.2) is 16.6 Å². The molecule has 1 rings (SSSR count). The second-order valence-corrected chi connectivity index (χ2v) is 3.76. The number of phenols is 1. The number of alkyl halides is 2. The van der Waals surface area contributed by atoms with Crippen LogP contribution in [0.4, 0.5) is 8.78 Å². The lowest BCUT2D eigenvalue weighted by molar-refractivity contribution is 0.115. The van der Waals surface area contributed by atoms with E-state index in [2.05, 4.69) is 15.9 Å². The number of hydrogen-bond donors (Lipinski definition) is 2. The van der Waals surface area contributed by atoms with Crippen molar-refractivity contribution in [3.8, 4) is 11.5 Å². The highest BCUT2D eigenvalue weighted by atomic mass is 79.9. The van der Waals surface area contributed by atoms with Crippen LogP contribution in [0.25, 0.3) is 0 Å². The number of phenolic OH excluding ortho intramolecular Hbond substituents is 1. The van der Waals surface area contributed by atoms with E-state index in [-0.39, 0.29) is 15.8 Å². The fourth-order valence-electron chi connectivity index (χ4n) is 1.10. The van der Waals surface area contributed by atoms with Crippen molar-refractivity contribution in [3.05, 3.63) is 22.2 Å². The van der Waals surface area contributed by atoms with Crippen molar-refractivity contribution in [2.24, 2.45) is 5.73 Å². The molecule has 0 bridgehead atoms. The van der Waals surface area contributed by atoms with Crippen LogP contribution in [0.3, 0.4) is 0 Å². The highest BCUT2D eigenvalue weighted by Gasteiger charge is 2.22. The van der Waals surface area contributed by atoms with Crippen molar-refractivity contribution in [1.29, 1.82) is 0 Å². The normalized spacial score (nSPS) is 12.9. The Kier molecular flexibility index (Phi) is 3.87. The molecule has 3 nitrogen and oxygen atoms in total. The molecule has 0 unspecified atom stereocenters. The second kappa shape index (κ2) is 4.76. The standard InChI is InChI=1S/C9H10BrF2NO2/c1-15-4-2-5(7(13)9(11)12)8(14)6(10)3-4/h2-3,7,9,14H,13H2,1H3/t7-/m0/s1. The van der Waals surface area contributed by atoms with E-state index >= 15 is 0 Å². The van der Waals surface area contributed by atoms with Gasteiger partial charge in [-0.15, -0.1) is 0 Å². The molecule has 0 heterocycles. The largest absolute Gasteiger partial charge is 0.506 e. The highest BCUT2D eigenvalue weighted by molar-refractivity contribution is 9.10. The van der Waals surface area contributed by atoms with Gasteiger partial charge in [0, 0.05) is 5.56 Å². The molecule has 84 valence electrons. The van der Waals surface area contributed by atoms with Gasteiger partial charge in [0.05, 0.1) is 17.6 Å². The third kappa shape index (κ3) is 2.57. The molecule has 0 amide bonds. The topological polar surface area (TPSA) is 55.5 Å². The number of ether oxygens (including phenoxy) is 1. The molecular weight excluding hydrogens is 272 g/mol. The summed E-state index contributed by atoms with van der Waals surface area (Å²) in [7, 11) is 1.40. The summed E-state index contributed by atoms with van der Waals surface area (Å²) in [5, 5.41) is 9.52. The molecule has 1 aromatic carbocycles. The Bertz CT molecular complexity index is 360. The molecule has 0 aliphatic heterocycles. The summed E-state index contributed by atoms with van der Waals surface area (Å²) in [6.45, 7) is 0. The maximum Gasteiger partial charge on any atom is 0.257 e. The minimum atomic E-state index is -2.74. The Balaban J connectivity index is 3.21. The summed E-state index contributed by atoms with van der Waals surface area (Å²) < 4.78 is 29.9. The number of hydrogen-bond acceptors (Lipinski definition) is 3. The number of benzene rings is 1. The summed E-state index contributed by atoms with van der Waals surface area (Å²) in [6, 6.07) is 1.23. The third-order valence-corrected chi connectivity index (χ3v) is 2.54. The molecule has 3 N–H and O–H groups in total. The Morgan fingerprint density at radius 3 is 2.53 bits per heavy atom. The van der Waals surface area contributed by atoms with E-state index in [0.717, 1.165) is 0 Å². The Labute approximate surface area is 94.0 Å². The lowest BCUT2D eigenvalue weighted by Gasteiger charge is -2.14. The summed E-state index contributed by atoms with van der Waals surface area (Å²) in [6.07, 6.45) is -2.74. The molecular formula is C9H10BrF2NO2. The van der Waals surface area contributed by atoms with Crippen molar-refractivity contribution in [2.75, 3.05) is 7.11 Å². The lowest BCUT2D eigenvalue weighted by Crippen LogP contribution is -2.19. The van der Waals surface area contributed by atoms with E-state index in [1.165, 1.54) is 19.2 Å². The van der Waals surface area contributed by atoms with E-state index in [0.29, 0.717) is 5.75 Å². The Hall–Kier alpha value is -0.880. The maximum absolute atomic E-state index is 12.4. The molecule has 0 aliphatic carbocycles. The smallest absolute Gasteiger partial charge is 0.257 e. The van der Waals surface area contributed by atoms with Crippen molar-refractivity contribution >= 4 is 15.9 Å². The third-order valence-electron chi connectivity index (χ3n) is 1.93. The first-order valence-electron chi connectivity index (χ1n) is 4.07. The van der Waals surface area contributed by atoms with Gasteiger partial charge in [0.2, 0.25) is 0 Å². The molecule has 0 saturated carbocycles. The molecule has 0 fully saturated rings. The minimum Gasteiger partial charge on any atom is -0.506 e. The molecule has 6 heteroatoms. The van der Waals surface area contributed by atoms with Gasteiger partial charge < -0.3 is 15.6 Å². The van der Waals surface area contributed by atoms with Gasteiger partial charge in [0.25, 0.3) is 6.43 Å². The van der Waals surface area contributed by atoms with Gasteiger partial charge in [-0.3, -0.25) is 0 Å². The summed E-state index contributed by atoms with van der Waals surface area (Å²) >= 11 is 3.02. The molecule has 1 atom stereocenters. The Morgan fingerprint density at radius 2 is 2.07 bits per heavy atom. The van der Waals surface area contributed by atoms with Crippen molar-refractivity contribution in [1.82, 2.24) is 0 Å². The van der Waals surface area contributed by atoms with Crippen molar-refractivity contribution < 1.29 is 18.6 Å². The van der Waals surface area contributed by atoms with E-state index in [1.54, 1.807) is 0 Å². The molecule has 15 heavy (non-hydrogen) atoms. The number of methoxy groups -OCH3 is 1. The van der Waals surface area contributed by atoms with Crippen LogP contribution in [-0.2, 0) is 0 Å². The molecule has 0 spiro atoms. The summed E-state index contributed by atoms with van der Waals surface area (Å²) in [4.78, 5) is 0. The SMILES string of the molecule is COc1cc(Br)c(O)c([C@H](N)C(F)F)c1. The average molecular weight is 282 g/mol. The first-order chi connectivity index (χ1) is 6.97. The highest BCUT2D eigenvalue weighted by Crippen LogP contribution is 2.36. The zero-order valence-corrected chi connectivity index (χ0v) is 9.46. The first-order valence-corrected chi connectivity index (χ1v) is 4.86. The zero-order valence-electron chi connectivity index (χ0n) is 7.88.